The Morgan fingerprint density at radius 3 is 2.65 bits per heavy atom. The molecular weight excluding hydrogens is 346 g/mol. The molecule has 1 unspecified atom stereocenters. The molecule has 0 bridgehead atoms. The number of ketones is 1. The highest BCUT2D eigenvalue weighted by atomic mass is 32.2. The smallest absolute Gasteiger partial charge is 0.162 e. The number of nitrogens with one attached hydrogen (secondary N) is 1. The number of Topliss-reactive ketones (excluding diaryl/α,β-unsaturated/α-hetero) is 1. The molecule has 5 heteroatoms. The summed E-state index contributed by atoms with van der Waals surface area (Å²) in [7, 11) is 3.26. The number of rotatable bonds is 3. The maximum absolute atomic E-state index is 12.8. The Kier molecular flexibility index (Phi) is 4.64. The minimum atomic E-state index is -0.0613. The number of methoxy groups -OCH3 is 2. The number of anilines is 1. The van der Waals surface area contributed by atoms with Crippen LogP contribution in [0, 0.1) is 0 Å². The highest BCUT2D eigenvalue weighted by Crippen LogP contribution is 2.50. The van der Waals surface area contributed by atoms with Crippen molar-refractivity contribution in [2.24, 2.45) is 0 Å². The number of carbonyl (C=O) groups excluding carboxylic acids is 1. The molecule has 1 aliphatic carbocycles. The summed E-state index contributed by atoms with van der Waals surface area (Å²) in [6.45, 7) is 0. The van der Waals surface area contributed by atoms with Crippen molar-refractivity contribution in [2.75, 3.05) is 19.5 Å². The Bertz CT molecular complexity index is 891. The molecule has 1 aliphatic heterocycles. The summed E-state index contributed by atoms with van der Waals surface area (Å²) < 4.78 is 10.8. The molecule has 1 atom stereocenters. The van der Waals surface area contributed by atoms with Gasteiger partial charge in [-0.1, -0.05) is 18.2 Å². The predicted molar refractivity (Wildman–Crippen MR) is 104 cm³/mol. The van der Waals surface area contributed by atoms with Gasteiger partial charge in [-0.3, -0.25) is 4.79 Å². The number of hydrogen-bond acceptors (Lipinski definition) is 5. The number of hydrogen-bond donors (Lipinski definition) is 1. The largest absolute Gasteiger partial charge is 0.493 e. The number of ether oxygens (including phenoxy) is 2. The molecule has 0 amide bonds. The maximum atomic E-state index is 12.8. The quantitative estimate of drug-likeness (QED) is 0.830. The molecule has 4 rings (SSSR count). The molecule has 0 aromatic heterocycles. The number of fused-ring (bicyclic) bond motifs is 1. The van der Waals surface area contributed by atoms with Crippen molar-refractivity contribution in [1.82, 2.24) is 0 Å². The molecule has 0 saturated heterocycles. The third-order valence-corrected chi connectivity index (χ3v) is 6.20. The van der Waals surface area contributed by atoms with Crippen LogP contribution in [0.25, 0.3) is 0 Å². The Morgan fingerprint density at radius 1 is 1.04 bits per heavy atom. The van der Waals surface area contributed by atoms with Crippen LogP contribution in [-0.2, 0) is 4.79 Å². The molecule has 1 N–H and O–H groups in total. The van der Waals surface area contributed by atoms with Gasteiger partial charge in [0.05, 0.1) is 25.2 Å². The molecule has 26 heavy (non-hydrogen) atoms. The zero-order chi connectivity index (χ0) is 18.1. The van der Waals surface area contributed by atoms with Gasteiger partial charge >= 0.3 is 0 Å². The first-order chi connectivity index (χ1) is 12.7. The highest BCUT2D eigenvalue weighted by Gasteiger charge is 2.33. The van der Waals surface area contributed by atoms with Gasteiger partial charge in [-0.15, -0.1) is 11.8 Å². The summed E-state index contributed by atoms with van der Waals surface area (Å²) in [6.07, 6.45) is 2.41. The fourth-order valence-corrected chi connectivity index (χ4v) is 4.90. The summed E-state index contributed by atoms with van der Waals surface area (Å²) in [4.78, 5) is 14.0. The molecular formula is C21H21NO3S. The van der Waals surface area contributed by atoms with Crippen molar-refractivity contribution in [3.8, 4) is 11.5 Å². The van der Waals surface area contributed by atoms with Crippen LogP contribution in [0.3, 0.4) is 0 Å². The predicted octanol–water partition coefficient (Wildman–Crippen LogP) is 4.97. The summed E-state index contributed by atoms with van der Waals surface area (Å²) in [5.74, 6) is 1.61. The summed E-state index contributed by atoms with van der Waals surface area (Å²) in [5.41, 5.74) is 4.07. The van der Waals surface area contributed by atoms with Gasteiger partial charge in [-0.05, 0) is 42.7 Å². The van der Waals surface area contributed by atoms with Crippen LogP contribution >= 0.6 is 11.8 Å². The topological polar surface area (TPSA) is 47.6 Å². The van der Waals surface area contributed by atoms with Crippen LogP contribution in [0.4, 0.5) is 5.69 Å². The van der Waals surface area contributed by atoms with Gasteiger partial charge < -0.3 is 14.8 Å². The van der Waals surface area contributed by atoms with E-state index in [1.54, 1.807) is 26.0 Å². The average molecular weight is 367 g/mol. The highest BCUT2D eigenvalue weighted by molar-refractivity contribution is 8.00. The van der Waals surface area contributed by atoms with E-state index in [0.29, 0.717) is 17.9 Å². The lowest BCUT2D eigenvalue weighted by Gasteiger charge is -2.24. The molecule has 2 aromatic rings. The van der Waals surface area contributed by atoms with Crippen molar-refractivity contribution in [1.29, 1.82) is 0 Å². The van der Waals surface area contributed by atoms with Crippen LogP contribution in [0.5, 0.6) is 11.5 Å². The van der Waals surface area contributed by atoms with Gasteiger partial charge in [0.25, 0.3) is 0 Å². The lowest BCUT2D eigenvalue weighted by atomic mass is 9.89. The second kappa shape index (κ2) is 7.08. The molecule has 0 radical (unpaired) electrons. The fourth-order valence-electron chi connectivity index (χ4n) is 3.57. The van der Waals surface area contributed by atoms with Gasteiger partial charge in [0, 0.05) is 22.6 Å². The first-order valence-electron chi connectivity index (χ1n) is 8.72. The van der Waals surface area contributed by atoms with Crippen LogP contribution in [0.1, 0.15) is 30.1 Å². The Morgan fingerprint density at radius 2 is 1.85 bits per heavy atom. The standard InChI is InChI=1S/C21H21NO3S/c1-24-17-11-10-13(12-18(17)25-2)21-20-15(7-5-8-16(20)23)22-14-6-3-4-9-19(14)26-21/h3-4,6,9-12,21-22H,5,7-8H2,1-2H3. The third kappa shape index (κ3) is 2.97. The van der Waals surface area contributed by atoms with Gasteiger partial charge in [-0.25, -0.2) is 0 Å². The first kappa shape index (κ1) is 17.0. The van der Waals surface area contributed by atoms with E-state index in [-0.39, 0.29) is 11.0 Å². The minimum absolute atomic E-state index is 0.0613. The molecule has 1 heterocycles. The Labute approximate surface area is 157 Å². The molecule has 0 fully saturated rings. The van der Waals surface area contributed by atoms with E-state index in [9.17, 15) is 4.79 Å². The summed E-state index contributed by atoms with van der Waals surface area (Å²) in [5, 5.41) is 3.46. The number of allylic oxidation sites excluding steroid dienone is 1. The number of benzene rings is 2. The van der Waals surface area contributed by atoms with E-state index in [1.165, 1.54) is 0 Å². The SMILES string of the molecule is COc1ccc(C2Sc3ccccc3NC3=C2C(=O)CCC3)cc1OC. The van der Waals surface area contributed by atoms with Crippen molar-refractivity contribution in [3.63, 3.8) is 0 Å². The maximum Gasteiger partial charge on any atom is 0.162 e. The van der Waals surface area contributed by atoms with Crippen LogP contribution < -0.4 is 14.8 Å². The van der Waals surface area contributed by atoms with Crippen LogP contribution in [-0.4, -0.2) is 20.0 Å². The Hall–Kier alpha value is -2.40. The van der Waals surface area contributed by atoms with E-state index in [1.807, 2.05) is 30.3 Å². The first-order valence-corrected chi connectivity index (χ1v) is 9.60. The zero-order valence-electron chi connectivity index (χ0n) is 14.9. The number of para-hydroxylation sites is 1. The van der Waals surface area contributed by atoms with Gasteiger partial charge in [0.2, 0.25) is 0 Å². The third-order valence-electron chi connectivity index (χ3n) is 4.85. The van der Waals surface area contributed by atoms with Gasteiger partial charge in [0.1, 0.15) is 0 Å². The van der Waals surface area contributed by atoms with Crippen LogP contribution in [0.2, 0.25) is 0 Å². The molecule has 2 aliphatic rings. The lowest BCUT2D eigenvalue weighted by Crippen LogP contribution is -2.19. The molecule has 4 nitrogen and oxygen atoms in total. The average Bonchev–Trinajstić information content (AvgIpc) is 2.84. The molecule has 0 saturated carbocycles. The fraction of sp³-hybridized carbons (Fsp3) is 0.286. The summed E-state index contributed by atoms with van der Waals surface area (Å²) in [6, 6.07) is 14.1. The Balaban J connectivity index is 1.86. The zero-order valence-corrected chi connectivity index (χ0v) is 15.7. The van der Waals surface area contributed by atoms with E-state index in [4.69, 9.17) is 9.47 Å². The van der Waals surface area contributed by atoms with Crippen molar-refractivity contribution >= 4 is 23.2 Å². The molecule has 0 spiro atoms. The van der Waals surface area contributed by atoms with E-state index in [0.717, 1.165) is 40.3 Å². The second-order valence-corrected chi connectivity index (χ2v) is 7.55. The van der Waals surface area contributed by atoms with E-state index in [2.05, 4.69) is 17.4 Å². The summed E-state index contributed by atoms with van der Waals surface area (Å²) >= 11 is 1.72. The second-order valence-electron chi connectivity index (χ2n) is 6.40. The normalized spacial score (nSPS) is 19.2. The number of carbonyl (C=O) groups is 1. The number of thioether (sulfide) groups is 1. The minimum Gasteiger partial charge on any atom is -0.493 e. The molecule has 134 valence electrons. The van der Waals surface area contributed by atoms with Crippen molar-refractivity contribution < 1.29 is 14.3 Å². The van der Waals surface area contributed by atoms with Crippen LogP contribution in [0.15, 0.2) is 58.6 Å². The monoisotopic (exact) mass is 367 g/mol. The van der Waals surface area contributed by atoms with Gasteiger partial charge in [-0.2, -0.15) is 0 Å². The lowest BCUT2D eigenvalue weighted by molar-refractivity contribution is -0.116. The van der Waals surface area contributed by atoms with E-state index >= 15 is 0 Å². The van der Waals surface area contributed by atoms with E-state index < -0.39 is 0 Å². The molecule has 2 aromatic carbocycles. The van der Waals surface area contributed by atoms with Crippen molar-refractivity contribution in [3.05, 3.63) is 59.3 Å². The van der Waals surface area contributed by atoms with Crippen molar-refractivity contribution in [2.45, 2.75) is 29.4 Å². The van der Waals surface area contributed by atoms with Gasteiger partial charge in [0.15, 0.2) is 17.3 Å².